The van der Waals surface area contributed by atoms with E-state index in [0.717, 1.165) is 36.2 Å². The Bertz CT molecular complexity index is 1120. The fourth-order valence-corrected chi connectivity index (χ4v) is 3.90. The highest BCUT2D eigenvalue weighted by Crippen LogP contribution is 2.33. The lowest BCUT2D eigenvalue weighted by molar-refractivity contribution is 0.0705. The zero-order valence-corrected chi connectivity index (χ0v) is 15.2. The molecule has 5 rings (SSSR count). The van der Waals surface area contributed by atoms with Crippen LogP contribution in [0.3, 0.4) is 0 Å². The summed E-state index contributed by atoms with van der Waals surface area (Å²) in [6, 6.07) is 13.8. The van der Waals surface area contributed by atoms with Gasteiger partial charge >= 0.3 is 0 Å². The van der Waals surface area contributed by atoms with E-state index >= 15 is 0 Å². The number of carbonyl (C=O) groups is 1. The summed E-state index contributed by atoms with van der Waals surface area (Å²) >= 11 is 0. The summed E-state index contributed by atoms with van der Waals surface area (Å²) in [5, 5.41) is 18.8. The Kier molecular flexibility index (Phi) is 4.08. The van der Waals surface area contributed by atoms with Gasteiger partial charge in [0.05, 0.1) is 11.8 Å². The van der Waals surface area contributed by atoms with Crippen molar-refractivity contribution in [1.29, 1.82) is 0 Å². The lowest BCUT2D eigenvalue weighted by Crippen LogP contribution is -2.39. The fourth-order valence-electron chi connectivity index (χ4n) is 3.90. The number of likely N-dealkylation sites (tertiary alicyclic amines) is 1. The van der Waals surface area contributed by atoms with E-state index in [9.17, 15) is 4.79 Å². The van der Waals surface area contributed by atoms with Gasteiger partial charge in [-0.05, 0) is 41.0 Å². The number of H-pyrrole nitrogens is 1. The van der Waals surface area contributed by atoms with E-state index in [-0.39, 0.29) is 11.8 Å². The maximum atomic E-state index is 13.1. The quantitative estimate of drug-likeness (QED) is 0.596. The van der Waals surface area contributed by atoms with E-state index in [1.165, 1.54) is 4.52 Å². The molecule has 28 heavy (non-hydrogen) atoms. The van der Waals surface area contributed by atoms with Crippen molar-refractivity contribution in [3.8, 4) is 11.1 Å². The molecule has 1 N–H and O–H groups in total. The Hall–Kier alpha value is -3.55. The maximum absolute atomic E-state index is 13.1. The summed E-state index contributed by atoms with van der Waals surface area (Å²) in [6.07, 6.45) is 5.54. The van der Waals surface area contributed by atoms with Crippen molar-refractivity contribution in [2.75, 3.05) is 13.1 Å². The van der Waals surface area contributed by atoms with E-state index in [1.807, 2.05) is 29.3 Å². The molecule has 1 unspecified atom stereocenters. The average Bonchev–Trinajstić information content (AvgIpc) is 3.43. The second kappa shape index (κ2) is 6.88. The number of nitrogens with zero attached hydrogens (tertiary/aromatic N) is 6. The van der Waals surface area contributed by atoms with E-state index in [0.29, 0.717) is 17.8 Å². The molecule has 0 aliphatic carbocycles. The van der Waals surface area contributed by atoms with Crippen LogP contribution in [0.15, 0.2) is 54.9 Å². The van der Waals surface area contributed by atoms with Crippen LogP contribution in [-0.4, -0.2) is 54.1 Å². The summed E-state index contributed by atoms with van der Waals surface area (Å²) in [5.41, 5.74) is 4.56. The van der Waals surface area contributed by atoms with Crippen LogP contribution < -0.4 is 0 Å². The van der Waals surface area contributed by atoms with Crippen LogP contribution in [0, 0.1) is 0 Å². The molecule has 140 valence electrons. The van der Waals surface area contributed by atoms with Crippen molar-refractivity contribution in [1.82, 2.24) is 35.1 Å². The van der Waals surface area contributed by atoms with Crippen molar-refractivity contribution in [2.45, 2.75) is 18.8 Å². The van der Waals surface area contributed by atoms with E-state index in [1.54, 1.807) is 18.3 Å². The molecule has 1 amide bonds. The summed E-state index contributed by atoms with van der Waals surface area (Å²) in [5.74, 6) is 0.232. The lowest BCUT2D eigenvalue weighted by atomic mass is 9.90. The smallest absolute Gasteiger partial charge is 0.255 e. The summed E-state index contributed by atoms with van der Waals surface area (Å²) in [6.45, 7) is 1.41. The first-order valence-corrected chi connectivity index (χ1v) is 9.35. The molecule has 1 saturated heterocycles. The first kappa shape index (κ1) is 16.6. The third kappa shape index (κ3) is 2.92. The van der Waals surface area contributed by atoms with E-state index < -0.39 is 0 Å². The first-order valence-electron chi connectivity index (χ1n) is 9.35. The number of piperidine rings is 1. The number of hydrogen-bond acceptors (Lipinski definition) is 5. The van der Waals surface area contributed by atoms with Crippen molar-refractivity contribution in [3.63, 3.8) is 0 Å². The molecule has 1 fully saturated rings. The average molecular weight is 373 g/mol. The highest BCUT2D eigenvalue weighted by Gasteiger charge is 2.28. The van der Waals surface area contributed by atoms with Crippen molar-refractivity contribution < 1.29 is 4.79 Å². The van der Waals surface area contributed by atoms with Crippen LogP contribution in [0.1, 0.15) is 34.8 Å². The summed E-state index contributed by atoms with van der Waals surface area (Å²) in [4.78, 5) is 15.0. The Morgan fingerprint density at radius 1 is 1.14 bits per heavy atom. The summed E-state index contributed by atoms with van der Waals surface area (Å²) < 4.78 is 1.52. The van der Waals surface area contributed by atoms with Crippen LogP contribution in [0.25, 0.3) is 16.8 Å². The van der Waals surface area contributed by atoms with E-state index in [4.69, 9.17) is 0 Å². The highest BCUT2D eigenvalue weighted by atomic mass is 16.2. The lowest BCUT2D eigenvalue weighted by Gasteiger charge is -2.32. The van der Waals surface area contributed by atoms with Crippen LogP contribution >= 0.6 is 0 Å². The van der Waals surface area contributed by atoms with Gasteiger partial charge < -0.3 is 4.90 Å². The predicted molar refractivity (Wildman–Crippen MR) is 103 cm³/mol. The molecule has 0 spiro atoms. The van der Waals surface area contributed by atoms with Gasteiger partial charge in [0.15, 0.2) is 5.65 Å². The van der Waals surface area contributed by atoms with E-state index in [2.05, 4.69) is 37.9 Å². The van der Waals surface area contributed by atoms with Crippen molar-refractivity contribution >= 4 is 11.6 Å². The van der Waals surface area contributed by atoms with Crippen LogP contribution in [-0.2, 0) is 0 Å². The SMILES string of the molecule is O=C(c1ccc2nnnn2c1)N1CCCC(c2[nH]ncc2-c2ccccc2)C1. The Balaban J connectivity index is 1.39. The Morgan fingerprint density at radius 2 is 2.04 bits per heavy atom. The van der Waals surface area contributed by atoms with Gasteiger partial charge in [-0.25, -0.2) is 0 Å². The number of rotatable bonds is 3. The van der Waals surface area contributed by atoms with Crippen LogP contribution in [0.5, 0.6) is 0 Å². The molecule has 4 heterocycles. The second-order valence-corrected chi connectivity index (χ2v) is 7.05. The van der Waals surface area contributed by atoms with Gasteiger partial charge in [0.2, 0.25) is 0 Å². The molecule has 3 aromatic heterocycles. The molecule has 0 saturated carbocycles. The molecular weight excluding hydrogens is 354 g/mol. The molecule has 4 aromatic rings. The number of aromatic nitrogens is 6. The Morgan fingerprint density at radius 3 is 2.93 bits per heavy atom. The number of nitrogens with one attached hydrogen (secondary N) is 1. The number of benzene rings is 1. The molecular formula is C20H19N7O. The zero-order valence-electron chi connectivity index (χ0n) is 15.2. The van der Waals surface area contributed by atoms with Gasteiger partial charge in [-0.2, -0.15) is 9.61 Å². The topological polar surface area (TPSA) is 92.1 Å². The fraction of sp³-hybridized carbons (Fsp3) is 0.250. The normalized spacial score (nSPS) is 17.1. The van der Waals surface area contributed by atoms with Gasteiger partial charge in [-0.1, -0.05) is 30.3 Å². The van der Waals surface area contributed by atoms with Gasteiger partial charge in [0.1, 0.15) is 0 Å². The molecule has 1 aliphatic heterocycles. The van der Waals surface area contributed by atoms with Gasteiger partial charge in [0, 0.05) is 36.5 Å². The number of pyridine rings is 1. The minimum absolute atomic E-state index is 0.00266. The molecule has 1 aliphatic rings. The third-order valence-electron chi connectivity index (χ3n) is 5.31. The maximum Gasteiger partial charge on any atom is 0.255 e. The van der Waals surface area contributed by atoms with Crippen LogP contribution in [0.2, 0.25) is 0 Å². The Labute approximate surface area is 161 Å². The minimum Gasteiger partial charge on any atom is -0.338 e. The molecule has 8 heteroatoms. The molecule has 0 bridgehead atoms. The number of carbonyl (C=O) groups excluding carboxylic acids is 1. The zero-order chi connectivity index (χ0) is 18.9. The number of tetrazole rings is 1. The summed E-state index contributed by atoms with van der Waals surface area (Å²) in [7, 11) is 0. The number of hydrogen-bond donors (Lipinski definition) is 1. The minimum atomic E-state index is 0.00266. The monoisotopic (exact) mass is 373 g/mol. The predicted octanol–water partition coefficient (Wildman–Crippen LogP) is 2.53. The van der Waals surface area contributed by atoms with Crippen molar-refractivity contribution in [2.24, 2.45) is 0 Å². The van der Waals surface area contributed by atoms with Gasteiger partial charge in [0.25, 0.3) is 5.91 Å². The van der Waals surface area contributed by atoms with Crippen LogP contribution in [0.4, 0.5) is 0 Å². The molecule has 8 nitrogen and oxygen atoms in total. The largest absolute Gasteiger partial charge is 0.338 e. The number of aromatic amines is 1. The molecule has 1 aromatic carbocycles. The standard InChI is InChI=1S/C20H19N7O/c28-20(16-8-9-18-22-24-25-27(18)13-16)26-10-4-7-15(12-26)19-17(11-21-23-19)14-5-2-1-3-6-14/h1-3,5-6,8-9,11,13,15H,4,7,10,12H2,(H,21,23). The van der Waals surface area contributed by atoms with Crippen molar-refractivity contribution in [3.05, 3.63) is 66.1 Å². The second-order valence-electron chi connectivity index (χ2n) is 7.05. The third-order valence-corrected chi connectivity index (χ3v) is 5.31. The first-order chi connectivity index (χ1) is 13.8. The number of fused-ring (bicyclic) bond motifs is 1. The molecule has 1 atom stereocenters. The highest BCUT2D eigenvalue weighted by molar-refractivity contribution is 5.94. The molecule has 0 radical (unpaired) electrons. The van der Waals surface area contributed by atoms with Gasteiger partial charge in [-0.3, -0.25) is 9.89 Å². The number of amides is 1. The van der Waals surface area contributed by atoms with Gasteiger partial charge in [-0.15, -0.1) is 5.10 Å².